The van der Waals surface area contributed by atoms with Gasteiger partial charge in [0.1, 0.15) is 0 Å². The Labute approximate surface area is 181 Å². The van der Waals surface area contributed by atoms with E-state index in [1.807, 2.05) is 0 Å². The van der Waals surface area contributed by atoms with Crippen LogP contribution in [0.1, 0.15) is 169 Å². The standard InChI is InChI=1S/C28H58/c1-5-7-8-9-10-11-12-13-14-15-17-21-25-28(4)26-22-19-16-18-20-24-27(3)23-6-2/h27-28H,5-26H2,1-4H3. The maximum absolute atomic E-state index is 2.49. The summed E-state index contributed by atoms with van der Waals surface area (Å²) >= 11 is 0. The second-order valence-corrected chi connectivity index (χ2v) is 10.0. The Bertz CT molecular complexity index is 269. The van der Waals surface area contributed by atoms with Crippen molar-refractivity contribution in [3.05, 3.63) is 0 Å². The van der Waals surface area contributed by atoms with E-state index >= 15 is 0 Å². The first-order valence-electron chi connectivity index (χ1n) is 13.7. The van der Waals surface area contributed by atoms with Crippen molar-refractivity contribution < 1.29 is 0 Å². The second kappa shape index (κ2) is 23.3. The van der Waals surface area contributed by atoms with Crippen LogP contribution >= 0.6 is 0 Å². The van der Waals surface area contributed by atoms with Crippen molar-refractivity contribution in [2.75, 3.05) is 0 Å². The number of hydrogen-bond acceptors (Lipinski definition) is 0. The van der Waals surface area contributed by atoms with E-state index < -0.39 is 0 Å². The van der Waals surface area contributed by atoms with E-state index in [9.17, 15) is 0 Å². The van der Waals surface area contributed by atoms with Crippen LogP contribution in [0.15, 0.2) is 0 Å². The summed E-state index contributed by atoms with van der Waals surface area (Å²) in [6.45, 7) is 9.54. The molecule has 0 fully saturated rings. The average molecular weight is 395 g/mol. The lowest BCUT2D eigenvalue weighted by molar-refractivity contribution is 0.422. The van der Waals surface area contributed by atoms with Gasteiger partial charge in [0.15, 0.2) is 0 Å². The molecule has 0 aliphatic heterocycles. The van der Waals surface area contributed by atoms with Crippen LogP contribution in [-0.2, 0) is 0 Å². The summed E-state index contributed by atoms with van der Waals surface area (Å²) in [6, 6.07) is 0. The summed E-state index contributed by atoms with van der Waals surface area (Å²) in [6.07, 6.45) is 32.2. The molecule has 28 heavy (non-hydrogen) atoms. The van der Waals surface area contributed by atoms with Gasteiger partial charge in [-0.2, -0.15) is 0 Å². The third-order valence-corrected chi connectivity index (χ3v) is 6.73. The zero-order valence-corrected chi connectivity index (χ0v) is 20.7. The van der Waals surface area contributed by atoms with Crippen molar-refractivity contribution in [2.45, 2.75) is 169 Å². The molecule has 0 amide bonds. The van der Waals surface area contributed by atoms with Crippen LogP contribution in [0.2, 0.25) is 0 Å². The lowest BCUT2D eigenvalue weighted by Gasteiger charge is -2.12. The molecule has 0 aliphatic rings. The van der Waals surface area contributed by atoms with Crippen LogP contribution in [0.4, 0.5) is 0 Å². The van der Waals surface area contributed by atoms with Crippen molar-refractivity contribution in [1.82, 2.24) is 0 Å². The first kappa shape index (κ1) is 28.0. The summed E-state index contributed by atoms with van der Waals surface area (Å²) in [7, 11) is 0. The fourth-order valence-electron chi connectivity index (χ4n) is 4.63. The largest absolute Gasteiger partial charge is 0.0654 e. The Morgan fingerprint density at radius 2 is 0.607 bits per heavy atom. The van der Waals surface area contributed by atoms with Gasteiger partial charge in [0.2, 0.25) is 0 Å². The van der Waals surface area contributed by atoms with E-state index in [4.69, 9.17) is 0 Å². The molecule has 2 atom stereocenters. The van der Waals surface area contributed by atoms with Crippen molar-refractivity contribution in [1.29, 1.82) is 0 Å². The summed E-state index contributed by atoms with van der Waals surface area (Å²) in [5.74, 6) is 1.92. The zero-order valence-electron chi connectivity index (χ0n) is 20.7. The minimum atomic E-state index is 0.959. The third-order valence-electron chi connectivity index (χ3n) is 6.73. The minimum absolute atomic E-state index is 0.959. The Hall–Kier alpha value is 0. The molecule has 0 radical (unpaired) electrons. The van der Waals surface area contributed by atoms with Crippen LogP contribution in [0, 0.1) is 11.8 Å². The number of rotatable bonds is 23. The predicted molar refractivity (Wildman–Crippen MR) is 131 cm³/mol. The molecule has 0 bridgehead atoms. The van der Waals surface area contributed by atoms with E-state index in [2.05, 4.69) is 27.7 Å². The van der Waals surface area contributed by atoms with E-state index in [0.717, 1.165) is 11.8 Å². The first-order valence-corrected chi connectivity index (χ1v) is 13.7. The van der Waals surface area contributed by atoms with Gasteiger partial charge >= 0.3 is 0 Å². The molecule has 170 valence electrons. The first-order chi connectivity index (χ1) is 13.7. The zero-order chi connectivity index (χ0) is 20.7. The molecule has 0 aliphatic carbocycles. The topological polar surface area (TPSA) is 0 Å². The summed E-state index contributed by atoms with van der Waals surface area (Å²) in [4.78, 5) is 0. The van der Waals surface area contributed by atoms with Gasteiger partial charge in [-0.05, 0) is 11.8 Å². The fraction of sp³-hybridized carbons (Fsp3) is 1.00. The van der Waals surface area contributed by atoms with E-state index in [1.54, 1.807) is 0 Å². The molecule has 0 spiro atoms. The van der Waals surface area contributed by atoms with Gasteiger partial charge in [-0.3, -0.25) is 0 Å². The molecule has 0 heteroatoms. The van der Waals surface area contributed by atoms with E-state index in [-0.39, 0.29) is 0 Å². The van der Waals surface area contributed by atoms with Crippen molar-refractivity contribution in [3.63, 3.8) is 0 Å². The molecule has 0 rings (SSSR count). The van der Waals surface area contributed by atoms with Gasteiger partial charge in [-0.25, -0.2) is 0 Å². The molecule has 0 aromatic heterocycles. The quantitative estimate of drug-likeness (QED) is 0.151. The highest BCUT2D eigenvalue weighted by Crippen LogP contribution is 2.20. The molecule has 0 saturated heterocycles. The Morgan fingerprint density at radius 3 is 0.929 bits per heavy atom. The number of unbranched alkanes of at least 4 members (excludes halogenated alkanes) is 15. The lowest BCUT2D eigenvalue weighted by Crippen LogP contribution is -1.96. The van der Waals surface area contributed by atoms with Gasteiger partial charge < -0.3 is 0 Å². The maximum Gasteiger partial charge on any atom is -0.0443 e. The third kappa shape index (κ3) is 22.3. The molecular weight excluding hydrogens is 336 g/mol. The average Bonchev–Trinajstić information content (AvgIpc) is 2.68. The van der Waals surface area contributed by atoms with Crippen LogP contribution in [0.3, 0.4) is 0 Å². The molecule has 0 heterocycles. The summed E-state index contributed by atoms with van der Waals surface area (Å²) in [5.41, 5.74) is 0. The Morgan fingerprint density at radius 1 is 0.321 bits per heavy atom. The molecular formula is C28H58. The van der Waals surface area contributed by atoms with E-state index in [0.29, 0.717) is 0 Å². The van der Waals surface area contributed by atoms with Crippen LogP contribution in [0.5, 0.6) is 0 Å². The molecule has 0 nitrogen and oxygen atoms in total. The second-order valence-electron chi connectivity index (χ2n) is 10.0. The van der Waals surface area contributed by atoms with Crippen LogP contribution in [-0.4, -0.2) is 0 Å². The van der Waals surface area contributed by atoms with Crippen LogP contribution < -0.4 is 0 Å². The number of hydrogen-bond donors (Lipinski definition) is 0. The smallest absolute Gasteiger partial charge is 0.0443 e. The fourth-order valence-corrected chi connectivity index (χ4v) is 4.63. The van der Waals surface area contributed by atoms with Crippen molar-refractivity contribution >= 4 is 0 Å². The van der Waals surface area contributed by atoms with Gasteiger partial charge in [0, 0.05) is 0 Å². The molecule has 2 unspecified atom stereocenters. The molecule has 0 N–H and O–H groups in total. The maximum atomic E-state index is 2.49. The highest BCUT2D eigenvalue weighted by Gasteiger charge is 2.03. The predicted octanol–water partition coefficient (Wildman–Crippen LogP) is 10.9. The van der Waals surface area contributed by atoms with Gasteiger partial charge in [-0.15, -0.1) is 0 Å². The van der Waals surface area contributed by atoms with Crippen molar-refractivity contribution in [3.8, 4) is 0 Å². The monoisotopic (exact) mass is 394 g/mol. The van der Waals surface area contributed by atoms with Gasteiger partial charge in [0.25, 0.3) is 0 Å². The summed E-state index contributed by atoms with van der Waals surface area (Å²) < 4.78 is 0. The lowest BCUT2D eigenvalue weighted by atomic mass is 9.95. The SMILES string of the molecule is CCCCCCCCCCCCCCC(C)CCCCCCCC(C)CCC. The summed E-state index contributed by atoms with van der Waals surface area (Å²) in [5, 5.41) is 0. The van der Waals surface area contributed by atoms with Crippen LogP contribution in [0.25, 0.3) is 0 Å². The Kier molecular flexibility index (Phi) is 23.3. The Balaban J connectivity index is 3.18. The minimum Gasteiger partial charge on any atom is -0.0654 e. The van der Waals surface area contributed by atoms with Gasteiger partial charge in [-0.1, -0.05) is 169 Å². The highest BCUT2D eigenvalue weighted by molar-refractivity contribution is 4.57. The van der Waals surface area contributed by atoms with Crippen molar-refractivity contribution in [2.24, 2.45) is 11.8 Å². The normalized spacial score (nSPS) is 13.7. The molecule has 0 aromatic rings. The molecule has 0 saturated carbocycles. The van der Waals surface area contributed by atoms with E-state index in [1.165, 1.54) is 141 Å². The van der Waals surface area contributed by atoms with Gasteiger partial charge in [0.05, 0.1) is 0 Å². The highest BCUT2D eigenvalue weighted by atomic mass is 14.1. The molecule has 0 aromatic carbocycles.